The molecule has 2 rings (SSSR count). The van der Waals surface area contributed by atoms with Gasteiger partial charge in [0, 0.05) is 12.6 Å². The average Bonchev–Trinajstić information content (AvgIpc) is 2.62. The number of rotatable bonds is 8. The molecule has 0 aliphatic carbocycles. The summed E-state index contributed by atoms with van der Waals surface area (Å²) < 4.78 is 10.5. The highest BCUT2D eigenvalue weighted by molar-refractivity contribution is 5.91. The number of hydrogen-bond acceptors (Lipinski definition) is 3. The van der Waals surface area contributed by atoms with E-state index in [1.165, 1.54) is 0 Å². The molecule has 0 saturated heterocycles. The zero-order valence-electron chi connectivity index (χ0n) is 14.1. The highest BCUT2D eigenvalue weighted by Gasteiger charge is 1.98. The normalized spacial score (nSPS) is 10.6. The fraction of sp³-hybridized carbons (Fsp3) is 0.250. The molecule has 1 N–H and O–H groups in total. The summed E-state index contributed by atoms with van der Waals surface area (Å²) in [5.74, 6) is 1.57. The van der Waals surface area contributed by atoms with Gasteiger partial charge in [0.1, 0.15) is 11.5 Å². The van der Waals surface area contributed by atoms with Crippen molar-refractivity contribution in [3.63, 3.8) is 0 Å². The summed E-state index contributed by atoms with van der Waals surface area (Å²) in [5, 5.41) is 2.88. The minimum Gasteiger partial charge on any atom is -0.497 e. The van der Waals surface area contributed by atoms with Gasteiger partial charge in [0.15, 0.2) is 0 Å². The zero-order valence-corrected chi connectivity index (χ0v) is 14.1. The van der Waals surface area contributed by atoms with Gasteiger partial charge in [0.25, 0.3) is 0 Å². The van der Waals surface area contributed by atoms with Gasteiger partial charge in [0.05, 0.1) is 13.7 Å². The molecule has 0 aromatic heterocycles. The first-order valence-electron chi connectivity index (χ1n) is 8.03. The third-order valence-corrected chi connectivity index (χ3v) is 3.49. The molecule has 126 valence electrons. The maximum atomic E-state index is 11.8. The van der Waals surface area contributed by atoms with E-state index in [1.54, 1.807) is 19.3 Å². The third-order valence-electron chi connectivity index (χ3n) is 3.49. The molecular weight excluding hydrogens is 302 g/mol. The second-order valence-corrected chi connectivity index (χ2v) is 5.22. The second-order valence-electron chi connectivity index (χ2n) is 5.22. The molecule has 4 heteroatoms. The summed E-state index contributed by atoms with van der Waals surface area (Å²) in [6.45, 7) is 3.19. The van der Waals surface area contributed by atoms with Crippen molar-refractivity contribution in [1.29, 1.82) is 0 Å². The number of ether oxygens (including phenoxy) is 2. The molecule has 0 radical (unpaired) electrons. The van der Waals surface area contributed by atoms with Crippen molar-refractivity contribution in [1.82, 2.24) is 5.32 Å². The summed E-state index contributed by atoms with van der Waals surface area (Å²) in [4.78, 5) is 11.8. The Hall–Kier alpha value is -2.75. The molecular formula is C20H23NO3. The van der Waals surface area contributed by atoms with Gasteiger partial charge in [-0.15, -0.1) is 0 Å². The van der Waals surface area contributed by atoms with Crippen molar-refractivity contribution in [2.75, 3.05) is 20.3 Å². The lowest BCUT2D eigenvalue weighted by molar-refractivity contribution is -0.116. The van der Waals surface area contributed by atoms with Crippen molar-refractivity contribution in [2.24, 2.45) is 0 Å². The molecule has 0 saturated carbocycles. The van der Waals surface area contributed by atoms with Gasteiger partial charge in [-0.3, -0.25) is 4.79 Å². The molecule has 0 heterocycles. The van der Waals surface area contributed by atoms with Gasteiger partial charge in [-0.1, -0.05) is 24.3 Å². The number of carbonyl (C=O) groups is 1. The van der Waals surface area contributed by atoms with E-state index in [-0.39, 0.29) is 5.91 Å². The van der Waals surface area contributed by atoms with Crippen LogP contribution in [0.15, 0.2) is 54.6 Å². The molecule has 0 spiro atoms. The third kappa shape index (κ3) is 5.80. The van der Waals surface area contributed by atoms with E-state index in [2.05, 4.69) is 5.32 Å². The number of nitrogens with one attached hydrogen (secondary N) is 1. The second kappa shape index (κ2) is 9.40. The molecule has 1 amide bonds. The van der Waals surface area contributed by atoms with E-state index in [0.29, 0.717) is 13.2 Å². The standard InChI is InChI=1S/C20H23NO3/c1-3-24-19-11-6-16(7-12-19)8-13-20(22)21-15-14-17-4-9-18(23-2)10-5-17/h4-13H,3,14-15H2,1-2H3,(H,21,22)/b13-8+. The van der Waals surface area contributed by atoms with Crippen LogP contribution in [-0.4, -0.2) is 26.2 Å². The van der Waals surface area contributed by atoms with Gasteiger partial charge in [-0.25, -0.2) is 0 Å². The lowest BCUT2D eigenvalue weighted by Gasteiger charge is -2.04. The first-order valence-corrected chi connectivity index (χ1v) is 8.03. The molecule has 4 nitrogen and oxygen atoms in total. The largest absolute Gasteiger partial charge is 0.497 e. The molecule has 2 aromatic carbocycles. The maximum Gasteiger partial charge on any atom is 0.244 e. The number of benzene rings is 2. The predicted molar refractivity (Wildman–Crippen MR) is 96.4 cm³/mol. The van der Waals surface area contributed by atoms with Gasteiger partial charge >= 0.3 is 0 Å². The summed E-state index contributed by atoms with van der Waals surface area (Å²) >= 11 is 0. The van der Waals surface area contributed by atoms with Crippen LogP contribution >= 0.6 is 0 Å². The quantitative estimate of drug-likeness (QED) is 0.756. The molecule has 24 heavy (non-hydrogen) atoms. The predicted octanol–water partition coefficient (Wildman–Crippen LogP) is 3.47. The number of amides is 1. The average molecular weight is 325 g/mol. The highest BCUT2D eigenvalue weighted by Crippen LogP contribution is 2.13. The minimum atomic E-state index is -0.0996. The molecule has 0 aliphatic rings. The summed E-state index contributed by atoms with van der Waals surface area (Å²) in [5.41, 5.74) is 2.12. The van der Waals surface area contributed by atoms with E-state index >= 15 is 0 Å². The van der Waals surface area contributed by atoms with Crippen molar-refractivity contribution in [3.8, 4) is 11.5 Å². The molecule has 0 fully saturated rings. The molecule has 2 aromatic rings. The Morgan fingerprint density at radius 1 is 1.04 bits per heavy atom. The number of methoxy groups -OCH3 is 1. The SMILES string of the molecule is CCOc1ccc(/C=C/C(=O)NCCc2ccc(OC)cc2)cc1. The van der Waals surface area contributed by atoms with Crippen LogP contribution in [0, 0.1) is 0 Å². The summed E-state index contributed by atoms with van der Waals surface area (Å²) in [7, 11) is 1.64. The summed E-state index contributed by atoms with van der Waals surface area (Å²) in [6.07, 6.45) is 4.12. The monoisotopic (exact) mass is 325 g/mol. The van der Waals surface area contributed by atoms with E-state index < -0.39 is 0 Å². The fourth-order valence-electron chi connectivity index (χ4n) is 2.19. The van der Waals surface area contributed by atoms with E-state index in [9.17, 15) is 4.79 Å². The van der Waals surface area contributed by atoms with Gasteiger partial charge < -0.3 is 14.8 Å². The van der Waals surface area contributed by atoms with E-state index in [4.69, 9.17) is 9.47 Å². The smallest absolute Gasteiger partial charge is 0.244 e. The molecule has 0 atom stereocenters. The van der Waals surface area contributed by atoms with Crippen molar-refractivity contribution < 1.29 is 14.3 Å². The van der Waals surface area contributed by atoms with Gasteiger partial charge in [0.2, 0.25) is 5.91 Å². The van der Waals surface area contributed by atoms with Crippen molar-refractivity contribution in [3.05, 3.63) is 65.7 Å². The van der Waals surface area contributed by atoms with Crippen LogP contribution in [0.4, 0.5) is 0 Å². The van der Waals surface area contributed by atoms with Crippen LogP contribution in [0.25, 0.3) is 6.08 Å². The Bertz CT molecular complexity index is 660. The van der Waals surface area contributed by atoms with Crippen LogP contribution in [0.3, 0.4) is 0 Å². The molecule has 0 aliphatic heterocycles. The van der Waals surface area contributed by atoms with Crippen molar-refractivity contribution >= 4 is 12.0 Å². The lowest BCUT2D eigenvalue weighted by atomic mass is 10.1. The molecule has 0 unspecified atom stereocenters. The Labute approximate surface area is 143 Å². The first kappa shape index (κ1) is 17.6. The lowest BCUT2D eigenvalue weighted by Crippen LogP contribution is -2.23. The fourth-order valence-corrected chi connectivity index (χ4v) is 2.19. The maximum absolute atomic E-state index is 11.8. The highest BCUT2D eigenvalue weighted by atomic mass is 16.5. The topological polar surface area (TPSA) is 47.6 Å². The van der Waals surface area contributed by atoms with E-state index in [0.717, 1.165) is 29.0 Å². The van der Waals surface area contributed by atoms with Crippen LogP contribution in [0.2, 0.25) is 0 Å². The van der Waals surface area contributed by atoms with Crippen LogP contribution < -0.4 is 14.8 Å². The summed E-state index contributed by atoms with van der Waals surface area (Å²) in [6, 6.07) is 15.5. The van der Waals surface area contributed by atoms with E-state index in [1.807, 2.05) is 55.5 Å². The zero-order chi connectivity index (χ0) is 17.2. The van der Waals surface area contributed by atoms with Crippen LogP contribution in [0.1, 0.15) is 18.1 Å². The minimum absolute atomic E-state index is 0.0996. The molecule has 0 bridgehead atoms. The Balaban J connectivity index is 1.75. The Morgan fingerprint density at radius 2 is 1.71 bits per heavy atom. The number of carbonyl (C=O) groups excluding carboxylic acids is 1. The van der Waals surface area contributed by atoms with Gasteiger partial charge in [-0.05, 0) is 54.8 Å². The van der Waals surface area contributed by atoms with Crippen LogP contribution in [0.5, 0.6) is 11.5 Å². The first-order chi connectivity index (χ1) is 11.7. The van der Waals surface area contributed by atoms with Crippen molar-refractivity contribution in [2.45, 2.75) is 13.3 Å². The Morgan fingerprint density at radius 3 is 2.33 bits per heavy atom. The number of hydrogen-bond donors (Lipinski definition) is 1. The van der Waals surface area contributed by atoms with Gasteiger partial charge in [-0.2, -0.15) is 0 Å². The Kier molecular flexibility index (Phi) is 6.90. The van der Waals surface area contributed by atoms with Crippen LogP contribution in [-0.2, 0) is 11.2 Å².